The van der Waals surface area contributed by atoms with Crippen molar-refractivity contribution < 1.29 is 30.0 Å². The van der Waals surface area contributed by atoms with Crippen LogP contribution in [0, 0.1) is 0 Å². The first kappa shape index (κ1) is 17.5. The SMILES string of the molecule is CCC(=O)[S-].CCC(=O)[S-].[Pd+2]. The molecule has 0 unspecified atom stereocenters. The topological polar surface area (TPSA) is 34.1 Å². The van der Waals surface area contributed by atoms with Gasteiger partial charge in [0.25, 0.3) is 0 Å². The van der Waals surface area contributed by atoms with Gasteiger partial charge in [0.2, 0.25) is 0 Å². The molecule has 68 valence electrons. The van der Waals surface area contributed by atoms with Crippen LogP contribution in [-0.4, -0.2) is 10.2 Å². The number of carbonyl (C=O) groups excluding carboxylic acids is 2. The number of hydrogen-bond acceptors (Lipinski definition) is 4. The minimum absolute atomic E-state index is 0. The molecular formula is C6H10O2PdS2. The number of carbonyl (C=O) groups is 2. The Labute approximate surface area is 92.0 Å². The first-order valence-corrected chi connectivity index (χ1v) is 3.75. The molecule has 0 saturated carbocycles. The summed E-state index contributed by atoms with van der Waals surface area (Å²) in [6.07, 6.45) is 0.963. The summed E-state index contributed by atoms with van der Waals surface area (Å²) < 4.78 is 0. The molecule has 0 aromatic carbocycles. The maximum absolute atomic E-state index is 9.63. The average Bonchev–Trinajstić information content (AvgIpc) is 1.89. The molecule has 0 bridgehead atoms. The van der Waals surface area contributed by atoms with Gasteiger partial charge in [-0.25, -0.2) is 0 Å². The van der Waals surface area contributed by atoms with Gasteiger partial charge in [0, 0.05) is 10.2 Å². The molecule has 0 spiro atoms. The first-order valence-electron chi connectivity index (χ1n) is 2.94. The van der Waals surface area contributed by atoms with E-state index in [9.17, 15) is 9.59 Å². The molecule has 0 aromatic rings. The third kappa shape index (κ3) is 37.7. The van der Waals surface area contributed by atoms with Gasteiger partial charge >= 0.3 is 20.4 Å². The monoisotopic (exact) mass is 284 g/mol. The van der Waals surface area contributed by atoms with Crippen molar-refractivity contribution in [1.82, 2.24) is 0 Å². The standard InChI is InChI=1S/2C3H6OS.Pd/c2*1-2-3(4)5;/h2*2H2,1H3,(H,4,5);/q;;+2/p-2. The molecule has 0 atom stereocenters. The van der Waals surface area contributed by atoms with Crippen LogP contribution in [0.3, 0.4) is 0 Å². The molecule has 5 heteroatoms. The van der Waals surface area contributed by atoms with E-state index in [1.165, 1.54) is 0 Å². The zero-order valence-corrected chi connectivity index (χ0v) is 9.55. The van der Waals surface area contributed by atoms with Crippen LogP contribution in [0.15, 0.2) is 0 Å². The van der Waals surface area contributed by atoms with E-state index in [2.05, 4.69) is 25.3 Å². The van der Waals surface area contributed by atoms with Gasteiger partial charge in [-0.1, -0.05) is 13.8 Å². The third-order valence-electron chi connectivity index (χ3n) is 0.577. The van der Waals surface area contributed by atoms with Gasteiger partial charge in [-0.05, 0) is 12.8 Å². The molecular weight excluding hydrogens is 275 g/mol. The fourth-order valence-corrected chi connectivity index (χ4v) is 0. The minimum Gasteiger partial charge on any atom is -0.742 e. The molecule has 0 amide bonds. The van der Waals surface area contributed by atoms with Crippen LogP contribution in [0.1, 0.15) is 26.7 Å². The Balaban J connectivity index is -0.000000107. The molecule has 0 aromatic heterocycles. The predicted octanol–water partition coefficient (Wildman–Crippen LogP) is 0.937. The van der Waals surface area contributed by atoms with E-state index in [1.807, 2.05) is 0 Å². The number of hydrogen-bond donors (Lipinski definition) is 0. The van der Waals surface area contributed by atoms with Gasteiger partial charge in [0.1, 0.15) is 0 Å². The summed E-state index contributed by atoms with van der Waals surface area (Å²) >= 11 is 8.28. The Bertz CT molecular complexity index is 103. The Morgan fingerprint density at radius 3 is 1.09 bits per heavy atom. The van der Waals surface area contributed by atoms with Crippen molar-refractivity contribution in [2.75, 3.05) is 0 Å². The van der Waals surface area contributed by atoms with Gasteiger partial charge in [0.05, 0.1) is 0 Å². The zero-order chi connectivity index (χ0) is 8.57. The van der Waals surface area contributed by atoms with Gasteiger partial charge in [0.15, 0.2) is 0 Å². The van der Waals surface area contributed by atoms with Gasteiger partial charge in [-0.15, -0.1) is 0 Å². The van der Waals surface area contributed by atoms with Crippen molar-refractivity contribution in [3.63, 3.8) is 0 Å². The van der Waals surface area contributed by atoms with Crippen LogP contribution in [-0.2, 0) is 55.3 Å². The summed E-state index contributed by atoms with van der Waals surface area (Å²) in [5, 5.41) is -0.324. The van der Waals surface area contributed by atoms with Crippen molar-refractivity contribution in [1.29, 1.82) is 0 Å². The van der Waals surface area contributed by atoms with E-state index in [1.54, 1.807) is 13.8 Å². The molecule has 0 aliphatic rings. The summed E-state index contributed by atoms with van der Waals surface area (Å²) in [7, 11) is 0. The molecule has 0 saturated heterocycles. The van der Waals surface area contributed by atoms with Gasteiger partial charge in [-0.2, -0.15) is 0 Å². The maximum Gasteiger partial charge on any atom is 2.00 e. The fourth-order valence-electron chi connectivity index (χ4n) is 0. The van der Waals surface area contributed by atoms with Crippen molar-refractivity contribution >= 4 is 35.5 Å². The molecule has 0 aliphatic heterocycles. The fraction of sp³-hybridized carbons (Fsp3) is 0.667. The molecule has 0 rings (SSSR count). The quantitative estimate of drug-likeness (QED) is 0.558. The van der Waals surface area contributed by atoms with E-state index in [4.69, 9.17) is 0 Å². The second-order valence-corrected chi connectivity index (χ2v) is 2.36. The summed E-state index contributed by atoms with van der Waals surface area (Å²) in [4.78, 5) is 19.3. The minimum atomic E-state index is -0.162. The van der Waals surface area contributed by atoms with Crippen molar-refractivity contribution in [3.05, 3.63) is 0 Å². The van der Waals surface area contributed by atoms with Crippen LogP contribution < -0.4 is 0 Å². The molecule has 0 radical (unpaired) electrons. The Kier molecular flexibility index (Phi) is 20.8. The van der Waals surface area contributed by atoms with Crippen LogP contribution in [0.4, 0.5) is 0 Å². The summed E-state index contributed by atoms with van der Waals surface area (Å²) in [5.41, 5.74) is 0. The maximum atomic E-state index is 9.63. The van der Waals surface area contributed by atoms with Crippen LogP contribution >= 0.6 is 0 Å². The Morgan fingerprint density at radius 2 is 1.09 bits per heavy atom. The summed E-state index contributed by atoms with van der Waals surface area (Å²) in [5.74, 6) is 0. The van der Waals surface area contributed by atoms with E-state index in [0.717, 1.165) is 0 Å². The second-order valence-electron chi connectivity index (χ2n) is 1.45. The largest absolute Gasteiger partial charge is 2.00 e. The van der Waals surface area contributed by atoms with Crippen LogP contribution in [0.5, 0.6) is 0 Å². The van der Waals surface area contributed by atoms with Crippen molar-refractivity contribution in [2.45, 2.75) is 26.7 Å². The normalized spacial score (nSPS) is 6.73. The predicted molar refractivity (Wildman–Crippen MR) is 45.3 cm³/mol. The van der Waals surface area contributed by atoms with Gasteiger partial charge in [-0.3, -0.25) is 0 Å². The Hall–Kier alpha value is 0.442. The molecule has 2 nitrogen and oxygen atoms in total. The molecule has 0 aliphatic carbocycles. The van der Waals surface area contributed by atoms with E-state index in [-0.39, 0.29) is 30.7 Å². The van der Waals surface area contributed by atoms with E-state index >= 15 is 0 Å². The van der Waals surface area contributed by atoms with E-state index < -0.39 is 0 Å². The van der Waals surface area contributed by atoms with Crippen LogP contribution in [0.25, 0.3) is 0 Å². The summed E-state index contributed by atoms with van der Waals surface area (Å²) in [6.45, 7) is 3.49. The van der Waals surface area contributed by atoms with Gasteiger partial charge < -0.3 is 34.8 Å². The van der Waals surface area contributed by atoms with Crippen LogP contribution in [0.2, 0.25) is 0 Å². The van der Waals surface area contributed by atoms with Crippen molar-refractivity contribution in [3.8, 4) is 0 Å². The zero-order valence-electron chi connectivity index (χ0n) is 6.36. The summed E-state index contributed by atoms with van der Waals surface area (Å²) in [6, 6.07) is 0. The number of rotatable bonds is 2. The first-order chi connectivity index (χ1) is 4.54. The smallest absolute Gasteiger partial charge is 0.742 e. The van der Waals surface area contributed by atoms with E-state index in [0.29, 0.717) is 12.8 Å². The molecule has 0 heterocycles. The Morgan fingerprint density at radius 1 is 1.00 bits per heavy atom. The van der Waals surface area contributed by atoms with Crippen molar-refractivity contribution in [2.24, 2.45) is 0 Å². The third-order valence-corrected chi connectivity index (χ3v) is 1.15. The second kappa shape index (κ2) is 13.1. The average molecular weight is 285 g/mol. The molecule has 0 N–H and O–H groups in total. The molecule has 11 heavy (non-hydrogen) atoms. The molecule has 0 fully saturated rings.